The molecule has 0 fully saturated rings. The molecule has 0 amide bonds. The summed E-state index contributed by atoms with van der Waals surface area (Å²) in [5.41, 5.74) is 6.16. The second kappa shape index (κ2) is 6.64. The highest BCUT2D eigenvalue weighted by Gasteiger charge is 2.12. The molecule has 0 aliphatic heterocycles. The van der Waals surface area contributed by atoms with E-state index in [1.165, 1.54) is 12.3 Å². The van der Waals surface area contributed by atoms with Gasteiger partial charge in [-0.05, 0) is 24.3 Å². The summed E-state index contributed by atoms with van der Waals surface area (Å²) in [4.78, 5) is 3.86. The minimum atomic E-state index is -3.55. The molecule has 1 aromatic carbocycles. The number of hydrogen-bond acceptors (Lipinski definition) is 5. The van der Waals surface area contributed by atoms with E-state index >= 15 is 0 Å². The zero-order chi connectivity index (χ0) is 15.3. The maximum Gasteiger partial charge on any atom is 0.237 e. The Labute approximate surface area is 128 Å². The highest BCUT2D eigenvalue weighted by Crippen LogP contribution is 2.19. The molecule has 6 nitrogen and oxygen atoms in total. The van der Waals surface area contributed by atoms with Gasteiger partial charge in [0.15, 0.2) is 0 Å². The minimum absolute atomic E-state index is 0.0167. The lowest BCUT2D eigenvalue weighted by atomic mass is 10.3. The molecule has 3 N–H and O–H groups in total. The van der Waals surface area contributed by atoms with E-state index in [-0.39, 0.29) is 18.2 Å². The van der Waals surface area contributed by atoms with Crippen molar-refractivity contribution in [1.29, 1.82) is 0 Å². The second-order valence-electron chi connectivity index (χ2n) is 4.17. The van der Waals surface area contributed by atoms with Gasteiger partial charge in [-0.2, -0.15) is 0 Å². The SMILES string of the molecule is Nc1ccccc1OCCS(=O)(=O)Nc1ccc(Cl)cn1. The van der Waals surface area contributed by atoms with E-state index < -0.39 is 10.0 Å². The Balaban J connectivity index is 1.90. The van der Waals surface area contributed by atoms with Crippen LogP contribution in [0, 0.1) is 0 Å². The van der Waals surface area contributed by atoms with Gasteiger partial charge in [-0.25, -0.2) is 13.4 Å². The summed E-state index contributed by atoms with van der Waals surface area (Å²) in [5, 5.41) is 0.431. The number of benzene rings is 1. The molecule has 2 rings (SSSR count). The predicted molar refractivity (Wildman–Crippen MR) is 83.0 cm³/mol. The third kappa shape index (κ3) is 4.80. The van der Waals surface area contributed by atoms with Gasteiger partial charge in [0.1, 0.15) is 23.9 Å². The molecular weight excluding hydrogens is 314 g/mol. The van der Waals surface area contributed by atoms with Gasteiger partial charge >= 0.3 is 0 Å². The van der Waals surface area contributed by atoms with Gasteiger partial charge < -0.3 is 10.5 Å². The molecular formula is C13H14ClN3O3S. The Morgan fingerprint density at radius 2 is 2.00 bits per heavy atom. The fourth-order valence-electron chi connectivity index (χ4n) is 1.52. The van der Waals surface area contributed by atoms with Crippen LogP contribution < -0.4 is 15.2 Å². The first-order chi connectivity index (χ1) is 9.96. The van der Waals surface area contributed by atoms with Gasteiger partial charge in [0.2, 0.25) is 10.0 Å². The number of aromatic nitrogens is 1. The Morgan fingerprint density at radius 3 is 2.67 bits per heavy atom. The quantitative estimate of drug-likeness (QED) is 0.793. The van der Waals surface area contributed by atoms with Crippen molar-refractivity contribution in [2.75, 3.05) is 22.8 Å². The Hall–Kier alpha value is -1.99. The number of sulfonamides is 1. The van der Waals surface area contributed by atoms with Crippen LogP contribution in [0.2, 0.25) is 5.02 Å². The first-order valence-electron chi connectivity index (χ1n) is 6.06. The fraction of sp³-hybridized carbons (Fsp3) is 0.154. The zero-order valence-electron chi connectivity index (χ0n) is 11.0. The number of hydrogen-bond donors (Lipinski definition) is 2. The van der Waals surface area contributed by atoms with Crippen molar-refractivity contribution in [3.8, 4) is 5.75 Å². The number of ether oxygens (including phenoxy) is 1. The van der Waals surface area contributed by atoms with Gasteiger partial charge in [-0.15, -0.1) is 0 Å². The Morgan fingerprint density at radius 1 is 1.24 bits per heavy atom. The topological polar surface area (TPSA) is 94.3 Å². The average molecular weight is 328 g/mol. The van der Waals surface area contributed by atoms with E-state index in [0.717, 1.165) is 0 Å². The van der Waals surface area contributed by atoms with Crippen LogP contribution in [0.3, 0.4) is 0 Å². The van der Waals surface area contributed by atoms with E-state index in [0.29, 0.717) is 16.5 Å². The number of pyridine rings is 1. The second-order valence-corrected chi connectivity index (χ2v) is 6.45. The van der Waals surface area contributed by atoms with Crippen molar-refractivity contribution in [2.45, 2.75) is 0 Å². The summed E-state index contributed by atoms with van der Waals surface area (Å²) < 4.78 is 31.4. The standard InChI is InChI=1S/C13H14ClN3O3S/c14-10-5-6-13(16-9-10)17-21(18,19)8-7-20-12-4-2-1-3-11(12)15/h1-6,9H,7-8,15H2,(H,16,17). The molecule has 0 unspecified atom stereocenters. The van der Waals surface area contributed by atoms with Crippen LogP contribution in [0.5, 0.6) is 5.75 Å². The first kappa shape index (κ1) is 15.4. The number of nitrogens with two attached hydrogens (primary N) is 1. The van der Waals surface area contributed by atoms with Crippen LogP contribution in [-0.4, -0.2) is 25.8 Å². The number of nitrogen functional groups attached to an aromatic ring is 1. The average Bonchev–Trinajstić information content (AvgIpc) is 2.43. The molecule has 0 saturated heterocycles. The van der Waals surface area contributed by atoms with Gasteiger partial charge in [-0.3, -0.25) is 4.72 Å². The number of rotatable bonds is 6. The van der Waals surface area contributed by atoms with Crippen molar-refractivity contribution in [2.24, 2.45) is 0 Å². The summed E-state index contributed by atoms with van der Waals surface area (Å²) in [6, 6.07) is 9.92. The lowest BCUT2D eigenvalue weighted by molar-refractivity contribution is 0.343. The molecule has 0 spiro atoms. The van der Waals surface area contributed by atoms with Crippen LogP contribution in [0.25, 0.3) is 0 Å². The van der Waals surface area contributed by atoms with E-state index in [4.69, 9.17) is 22.1 Å². The number of nitrogens with one attached hydrogen (secondary N) is 1. The molecule has 8 heteroatoms. The highest BCUT2D eigenvalue weighted by atomic mass is 35.5. The van der Waals surface area contributed by atoms with Crippen LogP contribution in [0.4, 0.5) is 11.5 Å². The Kier molecular flexibility index (Phi) is 4.87. The maximum absolute atomic E-state index is 11.9. The van der Waals surface area contributed by atoms with E-state index in [9.17, 15) is 8.42 Å². The molecule has 0 saturated carbocycles. The third-order valence-electron chi connectivity index (χ3n) is 2.52. The van der Waals surface area contributed by atoms with Crippen molar-refractivity contribution >= 4 is 33.1 Å². The molecule has 0 radical (unpaired) electrons. The molecule has 21 heavy (non-hydrogen) atoms. The van der Waals surface area contributed by atoms with Crippen molar-refractivity contribution in [3.63, 3.8) is 0 Å². The monoisotopic (exact) mass is 327 g/mol. The molecule has 2 aromatic rings. The zero-order valence-corrected chi connectivity index (χ0v) is 12.6. The van der Waals surface area contributed by atoms with Crippen LogP contribution in [0.1, 0.15) is 0 Å². The number of nitrogens with zero attached hydrogens (tertiary/aromatic N) is 1. The highest BCUT2D eigenvalue weighted by molar-refractivity contribution is 7.92. The maximum atomic E-state index is 11.9. The van der Waals surface area contributed by atoms with Crippen LogP contribution >= 0.6 is 11.6 Å². The van der Waals surface area contributed by atoms with Crippen molar-refractivity contribution in [3.05, 3.63) is 47.6 Å². The lowest BCUT2D eigenvalue weighted by Gasteiger charge is -2.10. The lowest BCUT2D eigenvalue weighted by Crippen LogP contribution is -2.22. The largest absolute Gasteiger partial charge is 0.490 e. The minimum Gasteiger partial charge on any atom is -0.490 e. The number of para-hydroxylation sites is 2. The summed E-state index contributed by atoms with van der Waals surface area (Å²) >= 11 is 5.68. The molecule has 1 aromatic heterocycles. The van der Waals surface area contributed by atoms with Gasteiger partial charge in [0.25, 0.3) is 0 Å². The summed E-state index contributed by atoms with van der Waals surface area (Å²) in [5.74, 6) is 0.446. The smallest absolute Gasteiger partial charge is 0.237 e. The molecule has 1 heterocycles. The normalized spacial score (nSPS) is 11.1. The number of halogens is 1. The van der Waals surface area contributed by atoms with Gasteiger partial charge in [-0.1, -0.05) is 23.7 Å². The van der Waals surface area contributed by atoms with E-state index in [2.05, 4.69) is 9.71 Å². The summed E-state index contributed by atoms with van der Waals surface area (Å²) in [7, 11) is -3.55. The first-order valence-corrected chi connectivity index (χ1v) is 8.09. The molecule has 0 aliphatic rings. The third-order valence-corrected chi connectivity index (χ3v) is 3.96. The predicted octanol–water partition coefficient (Wildman–Crippen LogP) is 2.14. The van der Waals surface area contributed by atoms with Crippen LogP contribution in [-0.2, 0) is 10.0 Å². The van der Waals surface area contributed by atoms with Crippen LogP contribution in [0.15, 0.2) is 42.6 Å². The fourth-order valence-corrected chi connectivity index (χ4v) is 2.48. The van der Waals surface area contributed by atoms with Gasteiger partial charge in [0, 0.05) is 6.20 Å². The molecule has 0 atom stereocenters. The van der Waals surface area contributed by atoms with E-state index in [1.54, 1.807) is 30.3 Å². The van der Waals surface area contributed by atoms with Crippen molar-refractivity contribution in [1.82, 2.24) is 4.98 Å². The van der Waals surface area contributed by atoms with Crippen molar-refractivity contribution < 1.29 is 13.2 Å². The molecule has 0 bridgehead atoms. The van der Waals surface area contributed by atoms with Gasteiger partial charge in [0.05, 0.1) is 10.7 Å². The molecule has 0 aliphatic carbocycles. The summed E-state index contributed by atoms with van der Waals surface area (Å²) in [6.07, 6.45) is 1.36. The Bertz CT molecular complexity index is 705. The van der Waals surface area contributed by atoms with E-state index in [1.807, 2.05) is 0 Å². The summed E-state index contributed by atoms with van der Waals surface area (Å²) in [6.45, 7) is -0.0167. The molecule has 112 valence electrons. The number of anilines is 2.